The highest BCUT2D eigenvalue weighted by Crippen LogP contribution is 2.46. The average Bonchev–Trinajstić information content (AvgIpc) is 2.55. The molecule has 1 aromatic carbocycles. The van der Waals surface area contributed by atoms with Gasteiger partial charge in [-0.2, -0.15) is 0 Å². The number of Topliss-reactive ketones (excluding diaryl/α,β-unsaturated/α-hetero) is 1. The maximum absolute atomic E-state index is 12.5. The van der Waals surface area contributed by atoms with Crippen molar-refractivity contribution in [2.24, 2.45) is 11.3 Å². The highest BCUT2D eigenvalue weighted by atomic mass is 16.5. The van der Waals surface area contributed by atoms with Crippen molar-refractivity contribution in [3.63, 3.8) is 0 Å². The van der Waals surface area contributed by atoms with E-state index < -0.39 is 5.41 Å². The van der Waals surface area contributed by atoms with Crippen LogP contribution in [0.2, 0.25) is 0 Å². The summed E-state index contributed by atoms with van der Waals surface area (Å²) in [6.45, 7) is 2.48. The van der Waals surface area contributed by atoms with Gasteiger partial charge in [-0.25, -0.2) is 0 Å². The Balaban J connectivity index is 1.78. The van der Waals surface area contributed by atoms with Crippen LogP contribution in [-0.2, 0) is 20.9 Å². The number of ether oxygens (including phenoxy) is 1. The summed E-state index contributed by atoms with van der Waals surface area (Å²) in [6.07, 6.45) is 2.57. The Kier molecular flexibility index (Phi) is 4.30. The molecule has 2 fully saturated rings. The van der Waals surface area contributed by atoms with Crippen molar-refractivity contribution in [1.82, 2.24) is 4.90 Å². The van der Waals surface area contributed by atoms with Crippen LogP contribution in [0.25, 0.3) is 0 Å². The van der Waals surface area contributed by atoms with Gasteiger partial charge in [-0.3, -0.25) is 14.5 Å². The molecule has 0 N–H and O–H groups in total. The number of ketones is 1. The Morgan fingerprint density at radius 2 is 2.14 bits per heavy atom. The predicted molar refractivity (Wildman–Crippen MR) is 83.1 cm³/mol. The van der Waals surface area contributed by atoms with Crippen LogP contribution >= 0.6 is 0 Å². The highest BCUT2D eigenvalue weighted by molar-refractivity contribution is 5.85. The number of rotatable bonds is 3. The third kappa shape index (κ3) is 2.80. The van der Waals surface area contributed by atoms with Gasteiger partial charge in [0.25, 0.3) is 0 Å². The molecule has 0 radical (unpaired) electrons. The van der Waals surface area contributed by atoms with Crippen molar-refractivity contribution >= 4 is 11.8 Å². The van der Waals surface area contributed by atoms with Crippen molar-refractivity contribution in [2.45, 2.75) is 32.2 Å². The summed E-state index contributed by atoms with van der Waals surface area (Å²) >= 11 is 0. The molecule has 2 atom stereocenters. The lowest BCUT2D eigenvalue weighted by atomic mass is 9.62. The van der Waals surface area contributed by atoms with Gasteiger partial charge in [-0.1, -0.05) is 30.3 Å². The molecular formula is C18H23NO3. The van der Waals surface area contributed by atoms with Crippen molar-refractivity contribution in [2.75, 3.05) is 20.2 Å². The predicted octanol–water partition coefficient (Wildman–Crippen LogP) is 2.42. The number of carbonyl (C=O) groups excluding carboxylic acids is 2. The summed E-state index contributed by atoms with van der Waals surface area (Å²) in [5.41, 5.74) is 0.767. The molecule has 0 aromatic heterocycles. The molecule has 0 amide bonds. The fraction of sp³-hybridized carbons (Fsp3) is 0.556. The molecule has 1 aromatic rings. The van der Waals surface area contributed by atoms with Gasteiger partial charge >= 0.3 is 5.97 Å². The van der Waals surface area contributed by atoms with Gasteiger partial charge in [0.1, 0.15) is 5.78 Å². The summed E-state index contributed by atoms with van der Waals surface area (Å²) in [5.74, 6) is 0.303. The highest BCUT2D eigenvalue weighted by Gasteiger charge is 2.52. The minimum Gasteiger partial charge on any atom is -0.469 e. The van der Waals surface area contributed by atoms with Crippen LogP contribution in [-0.4, -0.2) is 36.9 Å². The lowest BCUT2D eigenvalue weighted by Crippen LogP contribution is -2.55. The van der Waals surface area contributed by atoms with Crippen LogP contribution in [0, 0.1) is 11.3 Å². The molecule has 118 valence electrons. The summed E-state index contributed by atoms with van der Waals surface area (Å²) < 4.78 is 5.11. The van der Waals surface area contributed by atoms with E-state index in [1.165, 1.54) is 12.7 Å². The zero-order valence-electron chi connectivity index (χ0n) is 13.1. The van der Waals surface area contributed by atoms with E-state index in [0.29, 0.717) is 31.6 Å². The first kappa shape index (κ1) is 15.2. The molecule has 2 aliphatic rings. The summed E-state index contributed by atoms with van der Waals surface area (Å²) in [7, 11) is 1.46. The summed E-state index contributed by atoms with van der Waals surface area (Å²) in [5, 5.41) is 0. The van der Waals surface area contributed by atoms with Crippen LogP contribution in [0.5, 0.6) is 0 Å². The maximum Gasteiger partial charge on any atom is 0.313 e. The monoisotopic (exact) mass is 301 g/mol. The van der Waals surface area contributed by atoms with Crippen molar-refractivity contribution in [3.05, 3.63) is 35.9 Å². The molecule has 4 nitrogen and oxygen atoms in total. The molecule has 1 aliphatic heterocycles. The van der Waals surface area contributed by atoms with Crippen LogP contribution < -0.4 is 0 Å². The number of fused-ring (bicyclic) bond motifs is 1. The normalized spacial score (nSPS) is 29.0. The molecule has 3 rings (SSSR count). The van der Waals surface area contributed by atoms with Crippen molar-refractivity contribution in [1.29, 1.82) is 0 Å². The zero-order valence-corrected chi connectivity index (χ0v) is 13.1. The second kappa shape index (κ2) is 6.21. The Labute approximate surface area is 131 Å². The molecule has 0 spiro atoms. The van der Waals surface area contributed by atoms with E-state index in [2.05, 4.69) is 17.0 Å². The van der Waals surface area contributed by atoms with Gasteiger partial charge in [-0.15, -0.1) is 0 Å². The molecule has 1 saturated carbocycles. The van der Waals surface area contributed by atoms with Crippen LogP contribution in [0.4, 0.5) is 0 Å². The third-order valence-corrected chi connectivity index (χ3v) is 5.25. The van der Waals surface area contributed by atoms with Crippen LogP contribution in [0.15, 0.2) is 30.3 Å². The van der Waals surface area contributed by atoms with Crippen molar-refractivity contribution in [3.8, 4) is 0 Å². The maximum atomic E-state index is 12.5. The molecular weight excluding hydrogens is 278 g/mol. The Morgan fingerprint density at radius 3 is 2.86 bits per heavy atom. The number of benzene rings is 1. The van der Waals surface area contributed by atoms with Crippen LogP contribution in [0.1, 0.15) is 31.2 Å². The first-order valence-corrected chi connectivity index (χ1v) is 8.00. The number of methoxy groups -OCH3 is 1. The molecule has 0 bridgehead atoms. The molecule has 0 unspecified atom stereocenters. The fourth-order valence-corrected chi connectivity index (χ4v) is 4.05. The quantitative estimate of drug-likeness (QED) is 0.804. The molecule has 1 saturated heterocycles. The number of esters is 1. The van der Waals surface area contributed by atoms with E-state index >= 15 is 0 Å². The second-order valence-corrected chi connectivity index (χ2v) is 6.57. The standard InChI is InChI=1S/C18H23NO3/c1-22-17(21)18-9-7-16(20)11-15(18)8-10-19(13-18)12-14-5-3-2-4-6-14/h2-6,15H,7-13H2,1H3/t15-,18+/m0/s1. The Morgan fingerprint density at radius 1 is 1.36 bits per heavy atom. The first-order chi connectivity index (χ1) is 10.6. The molecule has 1 heterocycles. The van der Waals surface area contributed by atoms with Gasteiger partial charge in [-0.05, 0) is 30.9 Å². The van der Waals surface area contributed by atoms with E-state index in [1.807, 2.05) is 18.2 Å². The minimum absolute atomic E-state index is 0.136. The Bertz CT molecular complexity index is 557. The molecule has 4 heteroatoms. The van der Waals surface area contributed by atoms with Gasteiger partial charge in [0, 0.05) is 25.9 Å². The SMILES string of the molecule is COC(=O)[C@@]12CCC(=O)C[C@@H]1CCN(Cc1ccccc1)C2. The topological polar surface area (TPSA) is 46.6 Å². The number of carbonyl (C=O) groups is 2. The van der Waals surface area contributed by atoms with Crippen LogP contribution in [0.3, 0.4) is 0 Å². The largest absolute Gasteiger partial charge is 0.469 e. The number of piperidine rings is 1. The van der Waals surface area contributed by atoms with E-state index in [4.69, 9.17) is 4.74 Å². The number of hydrogen-bond donors (Lipinski definition) is 0. The zero-order chi connectivity index (χ0) is 15.6. The van der Waals surface area contributed by atoms with Crippen molar-refractivity contribution < 1.29 is 14.3 Å². The van der Waals surface area contributed by atoms with Gasteiger partial charge < -0.3 is 4.74 Å². The van der Waals surface area contributed by atoms with Gasteiger partial charge in [0.15, 0.2) is 0 Å². The second-order valence-electron chi connectivity index (χ2n) is 6.57. The van der Waals surface area contributed by atoms with E-state index in [9.17, 15) is 9.59 Å². The van der Waals surface area contributed by atoms with Gasteiger partial charge in [0.05, 0.1) is 12.5 Å². The summed E-state index contributed by atoms with van der Waals surface area (Å²) in [6, 6.07) is 10.3. The van der Waals surface area contributed by atoms with E-state index in [-0.39, 0.29) is 11.9 Å². The van der Waals surface area contributed by atoms with E-state index in [1.54, 1.807) is 0 Å². The lowest BCUT2D eigenvalue weighted by Gasteiger charge is -2.48. The number of nitrogens with zero attached hydrogens (tertiary/aromatic N) is 1. The fourth-order valence-electron chi connectivity index (χ4n) is 4.05. The smallest absolute Gasteiger partial charge is 0.313 e. The third-order valence-electron chi connectivity index (χ3n) is 5.25. The molecule has 22 heavy (non-hydrogen) atoms. The minimum atomic E-state index is -0.490. The average molecular weight is 301 g/mol. The molecule has 1 aliphatic carbocycles. The first-order valence-electron chi connectivity index (χ1n) is 8.00. The number of likely N-dealkylation sites (tertiary alicyclic amines) is 1. The van der Waals surface area contributed by atoms with Gasteiger partial charge in [0.2, 0.25) is 0 Å². The van der Waals surface area contributed by atoms with E-state index in [0.717, 1.165) is 19.5 Å². The number of hydrogen-bond acceptors (Lipinski definition) is 4. The lowest BCUT2D eigenvalue weighted by molar-refractivity contribution is -0.166. The Hall–Kier alpha value is -1.68. The summed E-state index contributed by atoms with van der Waals surface area (Å²) in [4.78, 5) is 26.6.